The van der Waals surface area contributed by atoms with Crippen LogP contribution in [0.4, 0.5) is 5.00 Å². The highest BCUT2D eigenvalue weighted by Crippen LogP contribution is 2.36. The summed E-state index contributed by atoms with van der Waals surface area (Å²) >= 11 is 1.65. The van der Waals surface area contributed by atoms with Gasteiger partial charge in [0, 0.05) is 7.05 Å². The highest BCUT2D eigenvalue weighted by molar-refractivity contribution is 7.19. The monoisotopic (exact) mass is 248 g/mol. The van der Waals surface area contributed by atoms with E-state index in [1.165, 1.54) is 5.56 Å². The zero-order chi connectivity index (χ0) is 12.4. The van der Waals surface area contributed by atoms with E-state index in [4.69, 9.17) is 4.74 Å². The Labute approximate surface area is 105 Å². The SMILES string of the molecule is CNc1sc(-c2ccc(C)cc2OC)nc1C. The van der Waals surface area contributed by atoms with Crippen molar-refractivity contribution < 1.29 is 4.74 Å². The Morgan fingerprint density at radius 2 is 2.06 bits per heavy atom. The third-order valence-electron chi connectivity index (χ3n) is 2.61. The van der Waals surface area contributed by atoms with Gasteiger partial charge in [-0.2, -0.15) is 0 Å². The zero-order valence-electron chi connectivity index (χ0n) is 10.5. The third-order valence-corrected chi connectivity index (χ3v) is 3.82. The van der Waals surface area contributed by atoms with Crippen molar-refractivity contribution in [2.24, 2.45) is 0 Å². The van der Waals surface area contributed by atoms with Gasteiger partial charge in [0.2, 0.25) is 0 Å². The average molecular weight is 248 g/mol. The predicted octanol–water partition coefficient (Wildman–Crippen LogP) is 3.48. The molecular weight excluding hydrogens is 232 g/mol. The summed E-state index contributed by atoms with van der Waals surface area (Å²) in [5.74, 6) is 0.876. The Balaban J connectivity index is 2.51. The number of hydrogen-bond acceptors (Lipinski definition) is 4. The van der Waals surface area contributed by atoms with Crippen LogP contribution in [-0.2, 0) is 0 Å². The smallest absolute Gasteiger partial charge is 0.129 e. The molecule has 0 unspecified atom stereocenters. The van der Waals surface area contributed by atoms with E-state index in [1.807, 2.05) is 20.0 Å². The molecule has 1 N–H and O–H groups in total. The fraction of sp³-hybridized carbons (Fsp3) is 0.308. The van der Waals surface area contributed by atoms with Crippen LogP contribution in [0.2, 0.25) is 0 Å². The van der Waals surface area contributed by atoms with Crippen LogP contribution in [0.25, 0.3) is 10.6 Å². The second kappa shape index (κ2) is 4.75. The molecule has 0 fully saturated rings. The zero-order valence-corrected chi connectivity index (χ0v) is 11.3. The number of thiazole rings is 1. The minimum absolute atomic E-state index is 0.876. The summed E-state index contributed by atoms with van der Waals surface area (Å²) in [5, 5.41) is 5.24. The van der Waals surface area contributed by atoms with E-state index in [0.717, 1.165) is 27.0 Å². The molecule has 1 aromatic heterocycles. The lowest BCUT2D eigenvalue weighted by Gasteiger charge is -2.06. The predicted molar refractivity (Wildman–Crippen MR) is 73.1 cm³/mol. The first kappa shape index (κ1) is 11.9. The number of aryl methyl sites for hydroxylation is 2. The van der Waals surface area contributed by atoms with Gasteiger partial charge in [0.05, 0.1) is 18.4 Å². The molecule has 3 nitrogen and oxygen atoms in total. The summed E-state index contributed by atoms with van der Waals surface area (Å²) in [4.78, 5) is 4.57. The largest absolute Gasteiger partial charge is 0.496 e. The summed E-state index contributed by atoms with van der Waals surface area (Å²) < 4.78 is 5.41. The molecule has 90 valence electrons. The third kappa shape index (κ3) is 2.26. The highest BCUT2D eigenvalue weighted by atomic mass is 32.1. The lowest BCUT2D eigenvalue weighted by atomic mass is 10.1. The Morgan fingerprint density at radius 3 is 2.65 bits per heavy atom. The van der Waals surface area contributed by atoms with E-state index in [9.17, 15) is 0 Å². The Kier molecular flexibility index (Phi) is 3.33. The number of methoxy groups -OCH3 is 1. The molecule has 0 spiro atoms. The fourth-order valence-corrected chi connectivity index (χ4v) is 2.67. The van der Waals surface area contributed by atoms with Gasteiger partial charge in [0.1, 0.15) is 15.8 Å². The number of aromatic nitrogens is 1. The molecule has 2 rings (SSSR count). The van der Waals surface area contributed by atoms with Gasteiger partial charge in [0.25, 0.3) is 0 Å². The van der Waals surface area contributed by atoms with Gasteiger partial charge in [-0.05, 0) is 31.5 Å². The Bertz CT molecular complexity index is 534. The molecule has 0 bridgehead atoms. The fourth-order valence-electron chi connectivity index (χ4n) is 1.72. The highest BCUT2D eigenvalue weighted by Gasteiger charge is 2.12. The number of nitrogens with zero attached hydrogens (tertiary/aromatic N) is 1. The molecule has 4 heteroatoms. The molecule has 17 heavy (non-hydrogen) atoms. The summed E-state index contributed by atoms with van der Waals surface area (Å²) in [5.41, 5.74) is 3.26. The molecule has 0 atom stereocenters. The van der Waals surface area contributed by atoms with E-state index >= 15 is 0 Å². The molecule has 2 aromatic rings. The molecule has 0 amide bonds. The van der Waals surface area contributed by atoms with Crippen molar-refractivity contribution in [1.29, 1.82) is 0 Å². The van der Waals surface area contributed by atoms with Gasteiger partial charge >= 0.3 is 0 Å². The maximum atomic E-state index is 5.41. The first-order valence-electron chi connectivity index (χ1n) is 5.46. The first-order valence-corrected chi connectivity index (χ1v) is 6.27. The quantitative estimate of drug-likeness (QED) is 0.903. The summed E-state index contributed by atoms with van der Waals surface area (Å²) in [6.07, 6.45) is 0. The van der Waals surface area contributed by atoms with Crippen LogP contribution in [0, 0.1) is 13.8 Å². The molecule has 0 aliphatic carbocycles. The molecule has 0 aliphatic heterocycles. The lowest BCUT2D eigenvalue weighted by molar-refractivity contribution is 0.416. The van der Waals surface area contributed by atoms with Crippen molar-refractivity contribution in [3.8, 4) is 16.3 Å². The van der Waals surface area contributed by atoms with E-state index < -0.39 is 0 Å². The number of hydrogen-bond donors (Lipinski definition) is 1. The van der Waals surface area contributed by atoms with Crippen LogP contribution in [0.15, 0.2) is 18.2 Å². The number of ether oxygens (including phenoxy) is 1. The normalized spacial score (nSPS) is 10.4. The van der Waals surface area contributed by atoms with Crippen molar-refractivity contribution in [1.82, 2.24) is 4.98 Å². The molecule has 0 aliphatic rings. The van der Waals surface area contributed by atoms with Crippen molar-refractivity contribution in [3.05, 3.63) is 29.5 Å². The molecule has 0 saturated heterocycles. The van der Waals surface area contributed by atoms with E-state index in [1.54, 1.807) is 18.4 Å². The summed E-state index contributed by atoms with van der Waals surface area (Å²) in [7, 11) is 3.61. The van der Waals surface area contributed by atoms with Crippen LogP contribution >= 0.6 is 11.3 Å². The standard InChI is InChI=1S/C13H16N2OS/c1-8-5-6-10(11(7-8)16-4)13-15-9(2)12(14-3)17-13/h5-7,14H,1-4H3. The van der Waals surface area contributed by atoms with Crippen molar-refractivity contribution in [2.75, 3.05) is 19.5 Å². The van der Waals surface area contributed by atoms with Crippen LogP contribution in [0.1, 0.15) is 11.3 Å². The van der Waals surface area contributed by atoms with Gasteiger partial charge < -0.3 is 10.1 Å². The van der Waals surface area contributed by atoms with Gasteiger partial charge in [-0.1, -0.05) is 17.4 Å². The van der Waals surface area contributed by atoms with Gasteiger partial charge in [0.15, 0.2) is 0 Å². The van der Waals surface area contributed by atoms with Crippen LogP contribution < -0.4 is 10.1 Å². The summed E-state index contributed by atoms with van der Waals surface area (Å²) in [6.45, 7) is 4.06. The van der Waals surface area contributed by atoms with Gasteiger partial charge in [-0.15, -0.1) is 0 Å². The minimum atomic E-state index is 0.876. The molecule has 0 radical (unpaired) electrons. The van der Waals surface area contributed by atoms with Gasteiger partial charge in [-0.25, -0.2) is 4.98 Å². The van der Waals surface area contributed by atoms with Crippen LogP contribution in [0.5, 0.6) is 5.75 Å². The van der Waals surface area contributed by atoms with E-state index in [-0.39, 0.29) is 0 Å². The topological polar surface area (TPSA) is 34.1 Å². The van der Waals surface area contributed by atoms with Crippen LogP contribution in [-0.4, -0.2) is 19.1 Å². The molecular formula is C13H16N2OS. The molecule has 0 saturated carbocycles. The maximum Gasteiger partial charge on any atom is 0.129 e. The van der Waals surface area contributed by atoms with E-state index in [2.05, 4.69) is 29.4 Å². The first-order chi connectivity index (χ1) is 8.15. The summed E-state index contributed by atoms with van der Waals surface area (Å²) in [6, 6.07) is 6.17. The van der Waals surface area contributed by atoms with Crippen LogP contribution in [0.3, 0.4) is 0 Å². The second-order valence-electron chi connectivity index (χ2n) is 3.89. The number of rotatable bonds is 3. The van der Waals surface area contributed by atoms with Gasteiger partial charge in [-0.3, -0.25) is 0 Å². The van der Waals surface area contributed by atoms with Crippen molar-refractivity contribution in [2.45, 2.75) is 13.8 Å². The Morgan fingerprint density at radius 1 is 1.29 bits per heavy atom. The maximum absolute atomic E-state index is 5.41. The lowest BCUT2D eigenvalue weighted by Crippen LogP contribution is -1.88. The van der Waals surface area contributed by atoms with Crippen molar-refractivity contribution in [3.63, 3.8) is 0 Å². The number of nitrogens with one attached hydrogen (secondary N) is 1. The average Bonchev–Trinajstić information content (AvgIpc) is 2.70. The Hall–Kier alpha value is -1.55. The van der Waals surface area contributed by atoms with E-state index in [0.29, 0.717) is 0 Å². The molecule has 1 heterocycles. The van der Waals surface area contributed by atoms with Crippen molar-refractivity contribution >= 4 is 16.3 Å². The minimum Gasteiger partial charge on any atom is -0.496 e. The number of anilines is 1. The molecule has 1 aromatic carbocycles. The second-order valence-corrected chi connectivity index (χ2v) is 4.89. The number of benzene rings is 1.